The second-order valence-electron chi connectivity index (χ2n) is 8.83. The predicted octanol–water partition coefficient (Wildman–Crippen LogP) is 3.05. The van der Waals surface area contributed by atoms with E-state index in [1.807, 2.05) is 60.0 Å². The molecule has 0 amide bonds. The number of benzene rings is 2. The van der Waals surface area contributed by atoms with Gasteiger partial charge >= 0.3 is 5.69 Å². The SMILES string of the molecule is COc1ccc(N2CC(C)Cn3c2nc2c3c(=O)n(Cc3cccc(C)c3)c(=O)n2C)cc1. The highest BCUT2D eigenvalue weighted by Crippen LogP contribution is 2.33. The number of nitrogens with zero attached hydrogens (tertiary/aromatic N) is 5. The summed E-state index contributed by atoms with van der Waals surface area (Å²) in [6, 6.07) is 15.6. The van der Waals surface area contributed by atoms with Crippen molar-refractivity contribution in [1.82, 2.24) is 18.7 Å². The predicted molar refractivity (Wildman–Crippen MR) is 129 cm³/mol. The van der Waals surface area contributed by atoms with Gasteiger partial charge in [-0.3, -0.25) is 13.9 Å². The zero-order chi connectivity index (χ0) is 23.3. The highest BCUT2D eigenvalue weighted by atomic mass is 16.5. The van der Waals surface area contributed by atoms with E-state index in [0.717, 1.165) is 29.1 Å². The number of imidazole rings is 1. The van der Waals surface area contributed by atoms with Gasteiger partial charge in [-0.1, -0.05) is 36.8 Å². The number of aromatic nitrogens is 4. The van der Waals surface area contributed by atoms with Crippen LogP contribution in [0.25, 0.3) is 11.2 Å². The molecule has 8 heteroatoms. The minimum absolute atomic E-state index is 0.224. The molecular weight excluding hydrogens is 418 g/mol. The topological polar surface area (TPSA) is 74.3 Å². The number of methoxy groups -OCH3 is 1. The Balaban J connectivity index is 1.69. The molecule has 1 atom stereocenters. The number of fused-ring (bicyclic) bond motifs is 3. The number of anilines is 2. The summed E-state index contributed by atoms with van der Waals surface area (Å²) in [5, 5.41) is 0. The Morgan fingerprint density at radius 1 is 1.09 bits per heavy atom. The molecule has 33 heavy (non-hydrogen) atoms. The minimum atomic E-state index is -0.367. The van der Waals surface area contributed by atoms with E-state index < -0.39 is 0 Å². The molecular formula is C25H27N5O3. The molecule has 0 N–H and O–H groups in total. The van der Waals surface area contributed by atoms with Crippen LogP contribution < -0.4 is 20.9 Å². The standard InChI is InChI=1S/C25H27N5O3/c1-16-6-5-7-18(12-16)15-30-23(31)21-22(27(3)25(30)32)26-24-28(13-17(2)14-29(21)24)19-8-10-20(33-4)11-9-19/h5-12,17H,13-15H2,1-4H3. The van der Waals surface area contributed by atoms with Crippen LogP contribution in [-0.4, -0.2) is 32.3 Å². The first-order chi connectivity index (χ1) is 15.9. The highest BCUT2D eigenvalue weighted by Gasteiger charge is 2.29. The quantitative estimate of drug-likeness (QED) is 0.483. The largest absolute Gasteiger partial charge is 0.497 e. The molecule has 2 aromatic carbocycles. The lowest BCUT2D eigenvalue weighted by Crippen LogP contribution is -2.40. The van der Waals surface area contributed by atoms with E-state index in [4.69, 9.17) is 9.72 Å². The van der Waals surface area contributed by atoms with E-state index >= 15 is 0 Å². The summed E-state index contributed by atoms with van der Waals surface area (Å²) in [5.74, 6) is 1.74. The fourth-order valence-corrected chi connectivity index (χ4v) is 4.62. The summed E-state index contributed by atoms with van der Waals surface area (Å²) in [6.07, 6.45) is 0. The molecule has 1 aliphatic rings. The van der Waals surface area contributed by atoms with Crippen molar-refractivity contribution in [3.63, 3.8) is 0 Å². The Morgan fingerprint density at radius 3 is 2.55 bits per heavy atom. The van der Waals surface area contributed by atoms with Crippen LogP contribution in [-0.2, 0) is 20.1 Å². The van der Waals surface area contributed by atoms with Gasteiger partial charge < -0.3 is 14.2 Å². The van der Waals surface area contributed by atoms with Gasteiger partial charge in [-0.15, -0.1) is 0 Å². The van der Waals surface area contributed by atoms with E-state index in [-0.39, 0.29) is 17.8 Å². The van der Waals surface area contributed by atoms with Crippen molar-refractivity contribution >= 4 is 22.8 Å². The van der Waals surface area contributed by atoms with Gasteiger partial charge in [0, 0.05) is 25.8 Å². The molecule has 0 bridgehead atoms. The zero-order valence-corrected chi connectivity index (χ0v) is 19.3. The molecule has 5 rings (SSSR count). The molecule has 0 aliphatic carbocycles. The number of hydrogen-bond acceptors (Lipinski definition) is 5. The third-order valence-electron chi connectivity index (χ3n) is 6.25. The van der Waals surface area contributed by atoms with Gasteiger partial charge in [-0.2, -0.15) is 4.98 Å². The Bertz CT molecular complexity index is 1460. The lowest BCUT2D eigenvalue weighted by atomic mass is 10.1. The molecule has 4 aromatic rings. The fourth-order valence-electron chi connectivity index (χ4n) is 4.62. The van der Waals surface area contributed by atoms with Crippen LogP contribution in [0.4, 0.5) is 11.6 Å². The van der Waals surface area contributed by atoms with E-state index in [9.17, 15) is 9.59 Å². The lowest BCUT2D eigenvalue weighted by molar-refractivity contribution is 0.414. The molecule has 2 aromatic heterocycles. The van der Waals surface area contributed by atoms with Gasteiger partial charge in [0.2, 0.25) is 5.95 Å². The van der Waals surface area contributed by atoms with Crippen molar-refractivity contribution in [2.75, 3.05) is 18.6 Å². The maximum Gasteiger partial charge on any atom is 0.332 e. The minimum Gasteiger partial charge on any atom is -0.497 e. The summed E-state index contributed by atoms with van der Waals surface area (Å²) < 4.78 is 10.0. The molecule has 0 radical (unpaired) electrons. The lowest BCUT2D eigenvalue weighted by Gasteiger charge is -2.33. The summed E-state index contributed by atoms with van der Waals surface area (Å²) >= 11 is 0. The van der Waals surface area contributed by atoms with Crippen molar-refractivity contribution in [1.29, 1.82) is 0 Å². The van der Waals surface area contributed by atoms with Gasteiger partial charge in [0.15, 0.2) is 11.2 Å². The van der Waals surface area contributed by atoms with Gasteiger partial charge in [0.25, 0.3) is 5.56 Å². The van der Waals surface area contributed by atoms with Crippen LogP contribution >= 0.6 is 0 Å². The van der Waals surface area contributed by atoms with E-state index in [1.54, 1.807) is 14.2 Å². The van der Waals surface area contributed by atoms with E-state index in [0.29, 0.717) is 29.6 Å². The van der Waals surface area contributed by atoms with Crippen molar-refractivity contribution in [2.45, 2.75) is 26.9 Å². The first-order valence-corrected chi connectivity index (χ1v) is 11.0. The second kappa shape index (κ2) is 7.95. The van der Waals surface area contributed by atoms with E-state index in [1.165, 1.54) is 9.13 Å². The Labute approximate surface area is 191 Å². The van der Waals surface area contributed by atoms with Gasteiger partial charge in [-0.25, -0.2) is 4.79 Å². The first kappa shape index (κ1) is 21.1. The van der Waals surface area contributed by atoms with E-state index in [2.05, 4.69) is 11.8 Å². The molecule has 8 nitrogen and oxygen atoms in total. The molecule has 1 aliphatic heterocycles. The monoisotopic (exact) mass is 445 g/mol. The third-order valence-corrected chi connectivity index (χ3v) is 6.25. The Kier molecular flexibility index (Phi) is 5.08. The Hall–Kier alpha value is -3.81. The maximum absolute atomic E-state index is 13.6. The molecule has 0 saturated carbocycles. The highest BCUT2D eigenvalue weighted by molar-refractivity contribution is 5.77. The van der Waals surface area contributed by atoms with Crippen molar-refractivity contribution < 1.29 is 4.74 Å². The molecule has 0 saturated heterocycles. The fraction of sp³-hybridized carbons (Fsp3) is 0.320. The summed E-state index contributed by atoms with van der Waals surface area (Å²) in [5.41, 5.74) is 3.16. The van der Waals surface area contributed by atoms with Crippen LogP contribution in [0.1, 0.15) is 18.1 Å². The smallest absolute Gasteiger partial charge is 0.332 e. The van der Waals surface area contributed by atoms with Crippen molar-refractivity contribution in [3.05, 3.63) is 80.5 Å². The second-order valence-corrected chi connectivity index (χ2v) is 8.83. The van der Waals surface area contributed by atoms with Crippen molar-refractivity contribution in [2.24, 2.45) is 13.0 Å². The molecule has 0 spiro atoms. The summed E-state index contributed by atoms with van der Waals surface area (Å²) in [4.78, 5) is 33.6. The van der Waals surface area contributed by atoms with Gasteiger partial charge in [0.05, 0.1) is 13.7 Å². The van der Waals surface area contributed by atoms with Crippen LogP contribution in [0.15, 0.2) is 58.1 Å². The molecule has 3 heterocycles. The number of ether oxygens (including phenoxy) is 1. The number of hydrogen-bond donors (Lipinski definition) is 0. The normalized spacial score (nSPS) is 15.6. The maximum atomic E-state index is 13.6. The number of aryl methyl sites for hydroxylation is 2. The van der Waals surface area contributed by atoms with Crippen LogP contribution in [0, 0.1) is 12.8 Å². The Morgan fingerprint density at radius 2 is 1.85 bits per heavy atom. The van der Waals surface area contributed by atoms with Crippen LogP contribution in [0.2, 0.25) is 0 Å². The summed E-state index contributed by atoms with van der Waals surface area (Å²) in [7, 11) is 3.32. The third kappa shape index (κ3) is 3.51. The van der Waals surface area contributed by atoms with Gasteiger partial charge in [-0.05, 0) is 42.7 Å². The molecule has 170 valence electrons. The number of rotatable bonds is 4. The average molecular weight is 446 g/mol. The average Bonchev–Trinajstić information content (AvgIpc) is 3.19. The summed E-state index contributed by atoms with van der Waals surface area (Å²) in [6.45, 7) is 5.80. The van der Waals surface area contributed by atoms with Crippen LogP contribution in [0.5, 0.6) is 5.75 Å². The molecule has 1 unspecified atom stereocenters. The zero-order valence-electron chi connectivity index (χ0n) is 19.3. The first-order valence-electron chi connectivity index (χ1n) is 11.0. The van der Waals surface area contributed by atoms with Crippen molar-refractivity contribution in [3.8, 4) is 5.75 Å². The van der Waals surface area contributed by atoms with Crippen LogP contribution in [0.3, 0.4) is 0 Å². The molecule has 0 fully saturated rings. The van der Waals surface area contributed by atoms with Gasteiger partial charge in [0.1, 0.15) is 5.75 Å².